The van der Waals surface area contributed by atoms with Gasteiger partial charge in [-0.15, -0.1) is 0 Å². The molecule has 1 spiro atoms. The molecule has 1 aliphatic heterocycles. The van der Waals surface area contributed by atoms with E-state index in [1.807, 2.05) is 35.2 Å². The molecule has 9 heteroatoms. The van der Waals surface area contributed by atoms with Crippen molar-refractivity contribution in [3.05, 3.63) is 65.0 Å². The van der Waals surface area contributed by atoms with Gasteiger partial charge in [0.05, 0.1) is 29.6 Å². The Morgan fingerprint density at radius 3 is 2.82 bits per heavy atom. The number of imidazole rings is 1. The molecule has 2 aliphatic rings. The van der Waals surface area contributed by atoms with E-state index in [-0.39, 0.29) is 19.4 Å². The molecule has 5 rings (SSSR count). The number of ether oxygens (including phenoxy) is 1. The number of amides is 2. The van der Waals surface area contributed by atoms with E-state index >= 15 is 0 Å². The number of fused-ring (bicyclic) bond motifs is 2. The van der Waals surface area contributed by atoms with E-state index < -0.39 is 11.3 Å². The standard InChI is InChI=1S/C25H28N4O4.H2S/c1-33-13-12-29-21-5-3-2-4-20(21)26-22(29)16-28-11-10-25(24(28)31)9-8-17-14-18(23(30)27-32)6-7-19(17)15-25;/h2-7,14,32H,8-13,15-16H2,1H3,(H,27,30);1H2/t25-;/m1./s1. The Kier molecular flexibility index (Phi) is 6.97. The van der Waals surface area contributed by atoms with Crippen LogP contribution in [0.3, 0.4) is 0 Å². The Labute approximate surface area is 205 Å². The maximum Gasteiger partial charge on any atom is 0.274 e. The molecule has 1 saturated heterocycles. The van der Waals surface area contributed by atoms with Crippen LogP contribution in [0, 0.1) is 5.41 Å². The number of carbonyl (C=O) groups is 2. The molecule has 2 heterocycles. The Morgan fingerprint density at radius 2 is 2.03 bits per heavy atom. The van der Waals surface area contributed by atoms with E-state index in [2.05, 4.69) is 10.6 Å². The molecule has 8 nitrogen and oxygen atoms in total. The zero-order valence-electron chi connectivity index (χ0n) is 19.2. The highest BCUT2D eigenvalue weighted by Gasteiger charge is 2.48. The van der Waals surface area contributed by atoms with Crippen LogP contribution < -0.4 is 5.48 Å². The van der Waals surface area contributed by atoms with Gasteiger partial charge in [-0.25, -0.2) is 10.5 Å². The molecule has 1 aliphatic carbocycles. The summed E-state index contributed by atoms with van der Waals surface area (Å²) in [7, 11) is 1.69. The number of para-hydroxylation sites is 2. The largest absolute Gasteiger partial charge is 0.383 e. The summed E-state index contributed by atoms with van der Waals surface area (Å²) in [6.07, 6.45) is 3.01. The van der Waals surface area contributed by atoms with Crippen molar-refractivity contribution in [3.8, 4) is 0 Å². The molecule has 0 unspecified atom stereocenters. The molecule has 0 bridgehead atoms. The van der Waals surface area contributed by atoms with Gasteiger partial charge in [0.25, 0.3) is 5.91 Å². The Hall–Kier alpha value is -2.88. The third kappa shape index (κ3) is 4.19. The molecular formula is C25H30N4O4S. The summed E-state index contributed by atoms with van der Waals surface area (Å²) in [6.45, 7) is 2.48. The number of benzene rings is 2. The minimum atomic E-state index is -0.516. The molecule has 1 fully saturated rings. The van der Waals surface area contributed by atoms with E-state index in [0.717, 1.165) is 47.2 Å². The number of nitrogens with one attached hydrogen (secondary N) is 1. The fraction of sp³-hybridized carbons (Fsp3) is 0.400. The van der Waals surface area contributed by atoms with Crippen LogP contribution in [0.1, 0.15) is 40.2 Å². The van der Waals surface area contributed by atoms with Gasteiger partial charge in [-0.3, -0.25) is 14.8 Å². The number of hydrogen-bond donors (Lipinski definition) is 2. The number of methoxy groups -OCH3 is 1. The van der Waals surface area contributed by atoms with Crippen LogP contribution in [0.15, 0.2) is 42.5 Å². The molecule has 1 atom stereocenters. The fourth-order valence-electron chi connectivity index (χ4n) is 5.35. The molecule has 2 N–H and O–H groups in total. The summed E-state index contributed by atoms with van der Waals surface area (Å²) in [5.41, 5.74) is 5.90. The molecule has 2 aromatic carbocycles. The first-order valence-corrected chi connectivity index (χ1v) is 11.3. The highest BCUT2D eigenvalue weighted by molar-refractivity contribution is 7.59. The number of hydroxylamine groups is 1. The molecule has 1 aromatic heterocycles. The van der Waals surface area contributed by atoms with Crippen LogP contribution in [0.25, 0.3) is 11.0 Å². The first-order chi connectivity index (χ1) is 16.0. The average Bonchev–Trinajstić information content (AvgIpc) is 3.34. The van der Waals surface area contributed by atoms with E-state index in [0.29, 0.717) is 38.2 Å². The molecule has 34 heavy (non-hydrogen) atoms. The lowest BCUT2D eigenvalue weighted by atomic mass is 9.70. The zero-order chi connectivity index (χ0) is 23.0. The first kappa shape index (κ1) is 24.3. The quantitative estimate of drug-likeness (QED) is 0.416. The van der Waals surface area contributed by atoms with Crippen molar-refractivity contribution in [2.75, 3.05) is 20.3 Å². The zero-order valence-corrected chi connectivity index (χ0v) is 20.2. The smallest absolute Gasteiger partial charge is 0.274 e. The van der Waals surface area contributed by atoms with Crippen molar-refractivity contribution in [1.82, 2.24) is 19.9 Å². The number of nitrogens with zero attached hydrogens (tertiary/aromatic N) is 3. The molecule has 0 radical (unpaired) electrons. The minimum Gasteiger partial charge on any atom is -0.383 e. The third-order valence-corrected chi connectivity index (χ3v) is 7.16. The number of carbonyl (C=O) groups excluding carboxylic acids is 2. The van der Waals surface area contributed by atoms with Gasteiger partial charge in [0, 0.05) is 25.8 Å². The van der Waals surface area contributed by atoms with Crippen molar-refractivity contribution >= 4 is 36.3 Å². The summed E-state index contributed by atoms with van der Waals surface area (Å²) < 4.78 is 7.45. The second-order valence-corrected chi connectivity index (χ2v) is 9.02. The fourth-order valence-corrected chi connectivity index (χ4v) is 5.35. The van der Waals surface area contributed by atoms with Crippen molar-refractivity contribution in [3.63, 3.8) is 0 Å². The number of hydrogen-bond acceptors (Lipinski definition) is 5. The number of aryl methyl sites for hydroxylation is 1. The summed E-state index contributed by atoms with van der Waals surface area (Å²) >= 11 is 0. The van der Waals surface area contributed by atoms with Crippen molar-refractivity contribution in [2.45, 2.75) is 38.8 Å². The highest BCUT2D eigenvalue weighted by atomic mass is 32.1. The van der Waals surface area contributed by atoms with Gasteiger partial charge in [0.1, 0.15) is 5.82 Å². The maximum atomic E-state index is 13.6. The number of rotatable bonds is 6. The van der Waals surface area contributed by atoms with Gasteiger partial charge in [-0.1, -0.05) is 18.2 Å². The molecule has 0 saturated carbocycles. The normalized spacial score (nSPS) is 19.4. The Bertz CT molecular complexity index is 1230. The van der Waals surface area contributed by atoms with Crippen molar-refractivity contribution < 1.29 is 19.5 Å². The van der Waals surface area contributed by atoms with Crippen LogP contribution in [0.4, 0.5) is 0 Å². The average molecular weight is 483 g/mol. The predicted octanol–water partition coefficient (Wildman–Crippen LogP) is 2.82. The third-order valence-electron chi connectivity index (χ3n) is 7.16. The Balaban J connectivity index is 0.00000274. The van der Waals surface area contributed by atoms with E-state index in [9.17, 15) is 9.59 Å². The van der Waals surface area contributed by atoms with E-state index in [1.165, 1.54) is 0 Å². The van der Waals surface area contributed by atoms with Crippen LogP contribution >= 0.6 is 13.5 Å². The summed E-state index contributed by atoms with van der Waals surface area (Å²) in [5, 5.41) is 8.89. The van der Waals surface area contributed by atoms with E-state index in [1.54, 1.807) is 18.7 Å². The SMILES string of the molecule is COCCn1c(CN2CC[C@@]3(CCc4cc(C(=O)NO)ccc4C3)C2=O)nc2ccccc21.S. The lowest BCUT2D eigenvalue weighted by Gasteiger charge is -2.33. The van der Waals surface area contributed by atoms with Crippen LogP contribution in [-0.2, 0) is 35.5 Å². The monoisotopic (exact) mass is 482 g/mol. The molecular weight excluding hydrogens is 452 g/mol. The van der Waals surface area contributed by atoms with Gasteiger partial charge in [0.2, 0.25) is 5.91 Å². The molecule has 3 aromatic rings. The summed E-state index contributed by atoms with van der Waals surface area (Å²) in [6, 6.07) is 13.5. The summed E-state index contributed by atoms with van der Waals surface area (Å²) in [5.74, 6) is 0.558. The van der Waals surface area contributed by atoms with Crippen LogP contribution in [-0.4, -0.2) is 51.7 Å². The summed E-state index contributed by atoms with van der Waals surface area (Å²) in [4.78, 5) is 32.1. The minimum absolute atomic E-state index is 0. The van der Waals surface area contributed by atoms with Gasteiger partial charge >= 0.3 is 0 Å². The van der Waals surface area contributed by atoms with Crippen molar-refractivity contribution in [2.24, 2.45) is 5.41 Å². The lowest BCUT2D eigenvalue weighted by Crippen LogP contribution is -2.39. The lowest BCUT2D eigenvalue weighted by molar-refractivity contribution is -0.137. The first-order valence-electron chi connectivity index (χ1n) is 11.3. The van der Waals surface area contributed by atoms with Crippen molar-refractivity contribution in [1.29, 1.82) is 0 Å². The van der Waals surface area contributed by atoms with Gasteiger partial charge in [-0.2, -0.15) is 13.5 Å². The van der Waals surface area contributed by atoms with E-state index in [4.69, 9.17) is 14.9 Å². The number of aromatic nitrogens is 2. The van der Waals surface area contributed by atoms with Crippen LogP contribution in [0.2, 0.25) is 0 Å². The van der Waals surface area contributed by atoms with Gasteiger partial charge in [-0.05, 0) is 61.1 Å². The van der Waals surface area contributed by atoms with Crippen LogP contribution in [0.5, 0.6) is 0 Å². The molecule has 180 valence electrons. The molecule has 2 amide bonds. The second kappa shape index (κ2) is 9.77. The maximum absolute atomic E-state index is 13.6. The second-order valence-electron chi connectivity index (χ2n) is 9.02. The van der Waals surface area contributed by atoms with Gasteiger partial charge < -0.3 is 14.2 Å². The number of likely N-dealkylation sites (tertiary alicyclic amines) is 1. The topological polar surface area (TPSA) is 96.7 Å². The van der Waals surface area contributed by atoms with Gasteiger partial charge in [0.15, 0.2) is 0 Å². The predicted molar refractivity (Wildman–Crippen MR) is 132 cm³/mol. The Morgan fingerprint density at radius 1 is 1.21 bits per heavy atom. The highest BCUT2D eigenvalue weighted by Crippen LogP contribution is 2.44.